The van der Waals surface area contributed by atoms with Crippen LogP contribution in [0.15, 0.2) is 34.8 Å². The zero-order chi connectivity index (χ0) is 29.1. The molecule has 19 heteroatoms. The number of thiazole rings is 1. The summed E-state index contributed by atoms with van der Waals surface area (Å²) in [6.07, 6.45) is 0. The van der Waals surface area contributed by atoms with Crippen molar-refractivity contribution in [1.29, 1.82) is 0 Å². The van der Waals surface area contributed by atoms with Gasteiger partial charge >= 0.3 is 16.3 Å². The van der Waals surface area contributed by atoms with Crippen LogP contribution in [-0.2, 0) is 40.9 Å². The third-order valence-electron chi connectivity index (χ3n) is 5.24. The molecule has 2 aromatic rings. The number of hydrogen-bond acceptors (Lipinski definition) is 14. The van der Waals surface area contributed by atoms with Gasteiger partial charge in [-0.05, 0) is 31.5 Å². The molecule has 17 nitrogen and oxygen atoms in total. The van der Waals surface area contributed by atoms with E-state index < -0.39 is 63.0 Å². The van der Waals surface area contributed by atoms with E-state index in [-0.39, 0.29) is 27.4 Å². The van der Waals surface area contributed by atoms with Crippen LogP contribution >= 0.6 is 11.3 Å². The molecule has 1 aromatic heterocycles. The number of ether oxygens (including phenoxy) is 1. The van der Waals surface area contributed by atoms with Crippen LogP contribution in [0.2, 0.25) is 0 Å². The SMILES string of the molecule is CC(C)(O/N=C(\C(=O)N[C@H]1C(=O)N(S(=O)(=O)O)[C@H]1CO)c1csc(N)n1)C(=O)OCc1ccc([N+](=O)[O-])cc1. The third-order valence-corrected chi connectivity index (χ3v) is 6.87. The summed E-state index contributed by atoms with van der Waals surface area (Å²) in [5.41, 5.74) is 3.51. The van der Waals surface area contributed by atoms with Crippen LogP contribution in [0.25, 0.3) is 0 Å². The third kappa shape index (κ3) is 6.63. The summed E-state index contributed by atoms with van der Waals surface area (Å²) in [6, 6.07) is 2.26. The maximum Gasteiger partial charge on any atom is 0.362 e. The van der Waals surface area contributed by atoms with Gasteiger partial charge in [0.25, 0.3) is 17.5 Å². The van der Waals surface area contributed by atoms with Gasteiger partial charge in [-0.15, -0.1) is 11.3 Å². The van der Waals surface area contributed by atoms with E-state index in [1.807, 2.05) is 0 Å². The number of nitrogens with zero attached hydrogens (tertiary/aromatic N) is 4. The van der Waals surface area contributed by atoms with Gasteiger partial charge < -0.3 is 25.7 Å². The van der Waals surface area contributed by atoms with Gasteiger partial charge in [0.05, 0.1) is 11.5 Å². The smallest absolute Gasteiger partial charge is 0.362 e. The number of nitrogens with two attached hydrogens (primary N) is 1. The van der Waals surface area contributed by atoms with Crippen molar-refractivity contribution in [3.8, 4) is 0 Å². The zero-order valence-corrected chi connectivity index (χ0v) is 21.8. The second-order valence-electron chi connectivity index (χ2n) is 8.43. The molecule has 5 N–H and O–H groups in total. The van der Waals surface area contributed by atoms with E-state index in [2.05, 4.69) is 15.5 Å². The maximum atomic E-state index is 13.0. The normalized spacial score (nSPS) is 17.8. The predicted molar refractivity (Wildman–Crippen MR) is 132 cm³/mol. The van der Waals surface area contributed by atoms with Crippen molar-refractivity contribution in [3.63, 3.8) is 0 Å². The first-order chi connectivity index (χ1) is 18.2. The molecule has 210 valence electrons. The van der Waals surface area contributed by atoms with Crippen molar-refractivity contribution in [2.75, 3.05) is 12.3 Å². The fourth-order valence-corrected chi connectivity index (χ4v) is 4.60. The Hall–Kier alpha value is -4.20. The molecular formula is C20H22N6O11S2. The van der Waals surface area contributed by atoms with Gasteiger partial charge in [0.1, 0.15) is 24.4 Å². The van der Waals surface area contributed by atoms with Gasteiger partial charge in [0, 0.05) is 17.5 Å². The topological polar surface area (TPSA) is 254 Å². The Morgan fingerprint density at radius 2 is 1.97 bits per heavy atom. The minimum atomic E-state index is -4.98. The molecule has 0 saturated carbocycles. The summed E-state index contributed by atoms with van der Waals surface area (Å²) in [6.45, 7) is 1.40. The Kier molecular flexibility index (Phi) is 8.48. The number of nitro groups is 1. The van der Waals surface area contributed by atoms with Crippen LogP contribution in [0.4, 0.5) is 10.8 Å². The molecule has 2 amide bonds. The highest BCUT2D eigenvalue weighted by Crippen LogP contribution is 2.24. The largest absolute Gasteiger partial charge is 0.458 e. The number of aromatic nitrogens is 1. The molecule has 0 aliphatic carbocycles. The van der Waals surface area contributed by atoms with Crippen molar-refractivity contribution in [3.05, 3.63) is 51.0 Å². The van der Waals surface area contributed by atoms with E-state index >= 15 is 0 Å². The van der Waals surface area contributed by atoms with Crippen molar-refractivity contribution in [1.82, 2.24) is 14.6 Å². The number of amides is 2. The molecular weight excluding hydrogens is 564 g/mol. The van der Waals surface area contributed by atoms with E-state index in [1.54, 1.807) is 0 Å². The van der Waals surface area contributed by atoms with E-state index in [1.165, 1.54) is 43.5 Å². The van der Waals surface area contributed by atoms with Crippen LogP contribution in [-0.4, -0.2) is 80.1 Å². The van der Waals surface area contributed by atoms with Crippen molar-refractivity contribution < 1.29 is 47.0 Å². The molecule has 0 spiro atoms. The number of non-ortho nitro benzene ring substituents is 1. The number of anilines is 1. The number of carbonyl (C=O) groups is 3. The molecule has 1 aliphatic heterocycles. The quantitative estimate of drug-likeness (QED) is 0.0639. The highest BCUT2D eigenvalue weighted by atomic mass is 32.2. The zero-order valence-electron chi connectivity index (χ0n) is 20.2. The van der Waals surface area contributed by atoms with Crippen LogP contribution in [0.3, 0.4) is 0 Å². The van der Waals surface area contributed by atoms with Gasteiger partial charge in [0.2, 0.25) is 5.60 Å². The number of nitrogen functional groups attached to an aromatic ring is 1. The Labute approximate surface area is 224 Å². The highest BCUT2D eigenvalue weighted by molar-refractivity contribution is 7.84. The molecule has 3 rings (SSSR count). The fraction of sp³-hybridized carbons (Fsp3) is 0.350. The average molecular weight is 587 g/mol. The lowest BCUT2D eigenvalue weighted by atomic mass is 9.99. The molecule has 39 heavy (non-hydrogen) atoms. The average Bonchev–Trinajstić information content (AvgIpc) is 3.28. The fourth-order valence-electron chi connectivity index (χ4n) is 3.18. The van der Waals surface area contributed by atoms with Crippen LogP contribution in [0.1, 0.15) is 25.1 Å². The molecule has 1 aliphatic rings. The summed E-state index contributed by atoms with van der Waals surface area (Å²) in [7, 11) is -4.98. The number of carbonyl (C=O) groups excluding carboxylic acids is 3. The number of aliphatic hydroxyl groups excluding tert-OH is 1. The molecule has 0 bridgehead atoms. The first kappa shape index (κ1) is 29.4. The highest BCUT2D eigenvalue weighted by Gasteiger charge is 2.54. The van der Waals surface area contributed by atoms with Crippen LogP contribution in [0.5, 0.6) is 0 Å². The van der Waals surface area contributed by atoms with E-state index in [0.29, 0.717) is 5.56 Å². The lowest BCUT2D eigenvalue weighted by Gasteiger charge is -2.43. The van der Waals surface area contributed by atoms with E-state index in [4.69, 9.17) is 19.9 Å². The Morgan fingerprint density at radius 3 is 2.49 bits per heavy atom. The summed E-state index contributed by atoms with van der Waals surface area (Å²) >= 11 is 0.935. The minimum Gasteiger partial charge on any atom is -0.458 e. The van der Waals surface area contributed by atoms with Gasteiger partial charge in [0.15, 0.2) is 10.8 Å². The number of nitro benzene ring substituents is 1. The second-order valence-corrected chi connectivity index (χ2v) is 10.6. The molecule has 2 heterocycles. The van der Waals surface area contributed by atoms with E-state index in [0.717, 1.165) is 11.3 Å². The summed E-state index contributed by atoms with van der Waals surface area (Å²) in [5, 5.41) is 27.4. The summed E-state index contributed by atoms with van der Waals surface area (Å²) < 4.78 is 37.0. The number of benzene rings is 1. The molecule has 1 aromatic carbocycles. The lowest BCUT2D eigenvalue weighted by molar-refractivity contribution is -0.384. The Morgan fingerprint density at radius 1 is 1.33 bits per heavy atom. The summed E-state index contributed by atoms with van der Waals surface area (Å²) in [5.74, 6) is -3.22. The monoisotopic (exact) mass is 586 g/mol. The number of esters is 1. The lowest BCUT2D eigenvalue weighted by Crippen LogP contribution is -2.73. The van der Waals surface area contributed by atoms with Crippen molar-refractivity contribution >= 4 is 56.0 Å². The Bertz CT molecular complexity index is 1420. The first-order valence-electron chi connectivity index (χ1n) is 10.8. The maximum absolute atomic E-state index is 13.0. The van der Waals surface area contributed by atoms with Gasteiger partial charge in [-0.2, -0.15) is 8.42 Å². The van der Waals surface area contributed by atoms with Gasteiger partial charge in [-0.25, -0.2) is 14.1 Å². The minimum absolute atomic E-state index is 0.0101. The number of rotatable bonds is 11. The van der Waals surface area contributed by atoms with E-state index in [9.17, 15) is 38.0 Å². The molecule has 1 saturated heterocycles. The van der Waals surface area contributed by atoms with Crippen LogP contribution in [0, 0.1) is 10.1 Å². The van der Waals surface area contributed by atoms with Gasteiger partial charge in [-0.1, -0.05) is 5.16 Å². The molecule has 0 unspecified atom stereocenters. The first-order valence-corrected chi connectivity index (χ1v) is 13.0. The predicted octanol–water partition coefficient (Wildman–Crippen LogP) is -0.633. The standard InChI is InChI=1S/C20H22N6O11S2/c1-20(2,18(30)36-8-10-3-5-11(6-4-10)26(31)32)37-24-14(12-9-38-19(21)22-12)16(28)23-15-13(7-27)25(17(15)29)39(33,34)35/h3-6,9,13,15,27H,7-8H2,1-2H3,(H2,21,22)(H,23,28)(H,33,34,35)/b24-14-/t13-,15+/m0/s1. The molecule has 0 radical (unpaired) electrons. The summed E-state index contributed by atoms with van der Waals surface area (Å²) in [4.78, 5) is 57.1. The second kappa shape index (κ2) is 11.3. The number of β-lactam (4-membered cyclic amide) rings is 1. The number of hydrogen-bond donors (Lipinski definition) is 4. The number of aliphatic hydroxyl groups is 1. The van der Waals surface area contributed by atoms with Crippen molar-refractivity contribution in [2.24, 2.45) is 5.16 Å². The number of oxime groups is 1. The molecule has 2 atom stereocenters. The van der Waals surface area contributed by atoms with Gasteiger partial charge in [-0.3, -0.25) is 24.3 Å². The molecule has 1 fully saturated rings. The Balaban J connectivity index is 1.74. The number of nitrogens with one attached hydrogen (secondary N) is 1. The van der Waals surface area contributed by atoms with Crippen molar-refractivity contribution in [2.45, 2.75) is 38.1 Å². The van der Waals surface area contributed by atoms with Crippen LogP contribution < -0.4 is 11.1 Å².